The van der Waals surface area contributed by atoms with Gasteiger partial charge in [-0.25, -0.2) is 0 Å². The summed E-state index contributed by atoms with van der Waals surface area (Å²) in [7, 11) is 1.59. The van der Waals surface area contributed by atoms with Crippen LogP contribution in [0.4, 0.5) is 0 Å². The van der Waals surface area contributed by atoms with E-state index in [1.165, 1.54) is 0 Å². The molecule has 2 aromatic carbocycles. The lowest BCUT2D eigenvalue weighted by Crippen LogP contribution is -2.51. The second-order valence-corrected chi connectivity index (χ2v) is 6.96. The summed E-state index contributed by atoms with van der Waals surface area (Å²) in [6.07, 6.45) is 0. The van der Waals surface area contributed by atoms with E-state index in [1.807, 2.05) is 32.0 Å². The zero-order valence-electron chi connectivity index (χ0n) is 16.6. The molecule has 6 heteroatoms. The normalized spacial score (nSPS) is 14.0. The smallest absolute Gasteiger partial charge is 0.260 e. The number of hydrogen-bond acceptors (Lipinski definition) is 4. The van der Waals surface area contributed by atoms with Crippen molar-refractivity contribution in [2.75, 3.05) is 39.9 Å². The van der Waals surface area contributed by atoms with Crippen molar-refractivity contribution < 1.29 is 19.1 Å². The standard InChI is InChI=1S/C22H26N2O4/c1-16-4-9-20(17(2)14-16)28-15-21(25)23-10-12-24(13-11-23)22(26)18-5-7-19(27-3)8-6-18/h4-9,14H,10-13,15H2,1-3H3. The SMILES string of the molecule is COc1ccc(C(=O)N2CCN(C(=O)COc3ccc(C)cc3C)CC2)cc1. The molecule has 148 valence electrons. The number of hydrogen-bond donors (Lipinski definition) is 0. The van der Waals surface area contributed by atoms with Gasteiger partial charge in [-0.3, -0.25) is 9.59 Å². The molecule has 1 aliphatic rings. The summed E-state index contributed by atoms with van der Waals surface area (Å²) in [6.45, 7) is 6.05. The van der Waals surface area contributed by atoms with Crippen LogP contribution in [0.15, 0.2) is 42.5 Å². The van der Waals surface area contributed by atoms with E-state index in [4.69, 9.17) is 9.47 Å². The Balaban J connectivity index is 1.49. The van der Waals surface area contributed by atoms with Crippen LogP contribution in [0.25, 0.3) is 0 Å². The second kappa shape index (κ2) is 8.78. The Morgan fingerprint density at radius 3 is 2.18 bits per heavy atom. The Morgan fingerprint density at radius 2 is 1.57 bits per heavy atom. The third-order valence-electron chi connectivity index (χ3n) is 4.94. The van der Waals surface area contributed by atoms with Crippen LogP contribution in [-0.4, -0.2) is 61.5 Å². The van der Waals surface area contributed by atoms with Gasteiger partial charge in [0.05, 0.1) is 7.11 Å². The molecule has 0 bridgehead atoms. The van der Waals surface area contributed by atoms with Crippen LogP contribution in [0.1, 0.15) is 21.5 Å². The molecule has 2 amide bonds. The number of rotatable bonds is 5. The first kappa shape index (κ1) is 19.7. The highest BCUT2D eigenvalue weighted by Gasteiger charge is 2.25. The molecular formula is C22H26N2O4. The van der Waals surface area contributed by atoms with Crippen molar-refractivity contribution in [2.45, 2.75) is 13.8 Å². The molecule has 28 heavy (non-hydrogen) atoms. The van der Waals surface area contributed by atoms with Crippen molar-refractivity contribution in [2.24, 2.45) is 0 Å². The van der Waals surface area contributed by atoms with Crippen molar-refractivity contribution in [3.05, 3.63) is 59.2 Å². The van der Waals surface area contributed by atoms with E-state index in [1.54, 1.807) is 41.2 Å². The predicted molar refractivity (Wildman–Crippen MR) is 107 cm³/mol. The van der Waals surface area contributed by atoms with Gasteiger partial charge < -0.3 is 19.3 Å². The third kappa shape index (κ3) is 4.63. The highest BCUT2D eigenvalue weighted by Crippen LogP contribution is 2.19. The van der Waals surface area contributed by atoms with Gasteiger partial charge in [-0.05, 0) is 49.7 Å². The van der Waals surface area contributed by atoms with E-state index >= 15 is 0 Å². The molecule has 1 fully saturated rings. The summed E-state index contributed by atoms with van der Waals surface area (Å²) in [4.78, 5) is 28.6. The van der Waals surface area contributed by atoms with E-state index in [2.05, 4.69) is 0 Å². The summed E-state index contributed by atoms with van der Waals surface area (Å²) in [5.41, 5.74) is 2.80. The molecule has 0 N–H and O–H groups in total. The summed E-state index contributed by atoms with van der Waals surface area (Å²) >= 11 is 0. The van der Waals surface area contributed by atoms with Crippen molar-refractivity contribution in [3.63, 3.8) is 0 Å². The van der Waals surface area contributed by atoms with Crippen LogP contribution in [0, 0.1) is 13.8 Å². The molecule has 6 nitrogen and oxygen atoms in total. The fourth-order valence-electron chi connectivity index (χ4n) is 3.27. The Labute approximate surface area is 165 Å². The molecule has 0 saturated carbocycles. The van der Waals surface area contributed by atoms with Crippen molar-refractivity contribution in [1.82, 2.24) is 9.80 Å². The number of ether oxygens (including phenoxy) is 2. The van der Waals surface area contributed by atoms with Gasteiger partial charge in [0.15, 0.2) is 6.61 Å². The Hall–Kier alpha value is -3.02. The lowest BCUT2D eigenvalue weighted by atomic mass is 10.1. The number of amides is 2. The maximum atomic E-state index is 12.6. The minimum absolute atomic E-state index is 0.0102. The quantitative estimate of drug-likeness (QED) is 0.798. The molecule has 0 unspecified atom stereocenters. The average Bonchev–Trinajstić information content (AvgIpc) is 2.72. The highest BCUT2D eigenvalue weighted by atomic mass is 16.5. The topological polar surface area (TPSA) is 59.1 Å². The number of nitrogens with zero attached hydrogens (tertiary/aromatic N) is 2. The van der Waals surface area contributed by atoms with Crippen molar-refractivity contribution in [3.8, 4) is 11.5 Å². The van der Waals surface area contributed by atoms with Gasteiger partial charge in [-0.2, -0.15) is 0 Å². The molecule has 0 atom stereocenters. The van der Waals surface area contributed by atoms with E-state index < -0.39 is 0 Å². The maximum absolute atomic E-state index is 12.6. The number of piperazine rings is 1. The monoisotopic (exact) mass is 382 g/mol. The lowest BCUT2D eigenvalue weighted by Gasteiger charge is -2.34. The summed E-state index contributed by atoms with van der Waals surface area (Å²) in [5.74, 6) is 1.36. The zero-order valence-corrected chi connectivity index (χ0v) is 16.6. The van der Waals surface area contributed by atoms with Gasteiger partial charge in [-0.1, -0.05) is 17.7 Å². The van der Waals surface area contributed by atoms with E-state index in [-0.39, 0.29) is 18.4 Å². The largest absolute Gasteiger partial charge is 0.497 e. The van der Waals surface area contributed by atoms with Gasteiger partial charge >= 0.3 is 0 Å². The zero-order chi connectivity index (χ0) is 20.1. The number of methoxy groups -OCH3 is 1. The minimum Gasteiger partial charge on any atom is -0.497 e. The number of aryl methyl sites for hydroxylation is 2. The van der Waals surface area contributed by atoms with Crippen LogP contribution in [0.5, 0.6) is 11.5 Å². The van der Waals surface area contributed by atoms with Gasteiger partial charge in [0, 0.05) is 31.7 Å². The van der Waals surface area contributed by atoms with E-state index in [0.29, 0.717) is 31.7 Å². The lowest BCUT2D eigenvalue weighted by molar-refractivity contribution is -0.134. The van der Waals surface area contributed by atoms with Gasteiger partial charge in [0.2, 0.25) is 0 Å². The van der Waals surface area contributed by atoms with Gasteiger partial charge in [0.25, 0.3) is 11.8 Å². The first-order valence-corrected chi connectivity index (χ1v) is 9.39. The Morgan fingerprint density at radius 1 is 0.929 bits per heavy atom. The summed E-state index contributed by atoms with van der Waals surface area (Å²) in [5, 5.41) is 0. The van der Waals surface area contributed by atoms with E-state index in [0.717, 1.165) is 22.6 Å². The first-order chi connectivity index (χ1) is 13.5. The van der Waals surface area contributed by atoms with Gasteiger partial charge in [0.1, 0.15) is 11.5 Å². The summed E-state index contributed by atoms with van der Waals surface area (Å²) in [6, 6.07) is 13.0. The number of carbonyl (C=O) groups excluding carboxylic acids is 2. The number of carbonyl (C=O) groups is 2. The molecule has 0 aromatic heterocycles. The maximum Gasteiger partial charge on any atom is 0.260 e. The predicted octanol–water partition coefficient (Wildman–Crippen LogP) is 2.68. The second-order valence-electron chi connectivity index (χ2n) is 6.96. The van der Waals surface area contributed by atoms with Crippen LogP contribution in [0.2, 0.25) is 0 Å². The van der Waals surface area contributed by atoms with Crippen molar-refractivity contribution >= 4 is 11.8 Å². The molecule has 0 radical (unpaired) electrons. The molecule has 0 spiro atoms. The van der Waals surface area contributed by atoms with Crippen LogP contribution < -0.4 is 9.47 Å². The summed E-state index contributed by atoms with van der Waals surface area (Å²) < 4.78 is 10.8. The molecule has 3 rings (SSSR count). The highest BCUT2D eigenvalue weighted by molar-refractivity contribution is 5.94. The van der Waals surface area contributed by atoms with E-state index in [9.17, 15) is 9.59 Å². The molecule has 0 aliphatic carbocycles. The van der Waals surface area contributed by atoms with Gasteiger partial charge in [-0.15, -0.1) is 0 Å². The molecule has 1 heterocycles. The molecule has 1 aliphatic heterocycles. The Kier molecular flexibility index (Phi) is 6.19. The average molecular weight is 382 g/mol. The first-order valence-electron chi connectivity index (χ1n) is 9.39. The molecular weight excluding hydrogens is 356 g/mol. The fourth-order valence-corrected chi connectivity index (χ4v) is 3.27. The minimum atomic E-state index is -0.0588. The molecule has 2 aromatic rings. The number of benzene rings is 2. The van der Waals surface area contributed by atoms with Crippen molar-refractivity contribution in [1.29, 1.82) is 0 Å². The fraction of sp³-hybridized carbons (Fsp3) is 0.364. The van der Waals surface area contributed by atoms with Crippen LogP contribution in [0.3, 0.4) is 0 Å². The van der Waals surface area contributed by atoms with Crippen LogP contribution >= 0.6 is 0 Å². The third-order valence-corrected chi connectivity index (χ3v) is 4.94. The van der Waals surface area contributed by atoms with Crippen LogP contribution in [-0.2, 0) is 4.79 Å². The Bertz CT molecular complexity index is 840. The molecule has 1 saturated heterocycles.